The number of nitrogens with one attached hydrogen (secondary N) is 1. The molecule has 1 aliphatic rings. The van der Waals surface area contributed by atoms with Crippen LogP contribution in [0.1, 0.15) is 16.8 Å². The van der Waals surface area contributed by atoms with Gasteiger partial charge in [-0.25, -0.2) is 23.1 Å². The van der Waals surface area contributed by atoms with E-state index in [2.05, 4.69) is 15.3 Å². The number of halogens is 4. The molecule has 6 nitrogen and oxygen atoms in total. The summed E-state index contributed by atoms with van der Waals surface area (Å²) >= 11 is 5.61. The molecule has 1 N–H and O–H groups in total. The molecular formula is C17H14ClF3N4O2. The summed E-state index contributed by atoms with van der Waals surface area (Å²) in [6.07, 6.45) is 1.01. The van der Waals surface area contributed by atoms with Crippen LogP contribution >= 0.6 is 11.6 Å². The second-order valence-electron chi connectivity index (χ2n) is 6.10. The van der Waals surface area contributed by atoms with E-state index in [9.17, 15) is 22.8 Å². The number of rotatable bonds is 6. The van der Waals surface area contributed by atoms with Crippen LogP contribution in [0.15, 0.2) is 30.6 Å². The predicted molar refractivity (Wildman–Crippen MR) is 90.9 cm³/mol. The maximum atomic E-state index is 13.6. The highest BCUT2D eigenvalue weighted by Crippen LogP contribution is 2.34. The zero-order valence-electron chi connectivity index (χ0n) is 13.8. The van der Waals surface area contributed by atoms with Crippen LogP contribution in [0, 0.1) is 17.6 Å². The van der Waals surface area contributed by atoms with Gasteiger partial charge >= 0.3 is 0 Å². The Labute approximate surface area is 157 Å². The van der Waals surface area contributed by atoms with Crippen LogP contribution in [0.25, 0.3) is 0 Å². The van der Waals surface area contributed by atoms with Gasteiger partial charge in [-0.15, -0.1) is 0 Å². The maximum absolute atomic E-state index is 13.6. The Morgan fingerprint density at radius 3 is 2.52 bits per heavy atom. The standard InChI is InChI=1S/C17H14ClF3N4O2/c18-12-2-1-9(3-14(12)21)16(27)25(7-10-4-13(10)20)8-15(26)24-17-22-5-11(19)6-23-17/h1-3,5-6,10,13H,4,7-8H2,(H,22,23,24,26). The molecule has 1 saturated carbocycles. The Balaban J connectivity index is 1.72. The number of anilines is 1. The van der Waals surface area contributed by atoms with Crippen molar-refractivity contribution in [2.24, 2.45) is 5.92 Å². The Morgan fingerprint density at radius 2 is 1.93 bits per heavy atom. The molecule has 3 rings (SSSR count). The number of carbonyl (C=O) groups excluding carboxylic acids is 2. The topological polar surface area (TPSA) is 75.2 Å². The molecular weight excluding hydrogens is 385 g/mol. The number of nitrogens with zero attached hydrogens (tertiary/aromatic N) is 3. The average Bonchev–Trinajstić information content (AvgIpc) is 3.33. The van der Waals surface area contributed by atoms with E-state index < -0.39 is 36.2 Å². The molecule has 0 aliphatic heterocycles. The first-order valence-corrected chi connectivity index (χ1v) is 8.37. The molecule has 142 valence electrons. The molecule has 0 radical (unpaired) electrons. The third kappa shape index (κ3) is 4.94. The lowest BCUT2D eigenvalue weighted by Crippen LogP contribution is -2.39. The normalized spacial score (nSPS) is 18.1. The molecule has 0 saturated heterocycles. The Bertz CT molecular complexity index is 866. The molecule has 2 aromatic rings. The van der Waals surface area contributed by atoms with Gasteiger partial charge < -0.3 is 4.90 Å². The molecule has 0 spiro atoms. The number of hydrogen-bond donors (Lipinski definition) is 1. The summed E-state index contributed by atoms with van der Waals surface area (Å²) in [6, 6.07) is 3.50. The smallest absolute Gasteiger partial charge is 0.254 e. The lowest BCUT2D eigenvalue weighted by atomic mass is 10.2. The van der Waals surface area contributed by atoms with Gasteiger partial charge in [-0.2, -0.15) is 0 Å². The zero-order valence-corrected chi connectivity index (χ0v) is 14.6. The number of amides is 2. The highest BCUT2D eigenvalue weighted by molar-refractivity contribution is 6.30. The van der Waals surface area contributed by atoms with Crippen LogP contribution in [0.5, 0.6) is 0 Å². The van der Waals surface area contributed by atoms with Crippen molar-refractivity contribution in [3.05, 3.63) is 52.8 Å². The number of benzene rings is 1. The minimum atomic E-state index is -1.04. The third-order valence-corrected chi connectivity index (χ3v) is 4.26. The van der Waals surface area contributed by atoms with Crippen LogP contribution in [0.2, 0.25) is 5.02 Å². The molecule has 1 fully saturated rings. The van der Waals surface area contributed by atoms with Gasteiger partial charge in [0.2, 0.25) is 11.9 Å². The van der Waals surface area contributed by atoms with Crippen LogP contribution in [0.4, 0.5) is 19.1 Å². The van der Waals surface area contributed by atoms with Crippen molar-refractivity contribution in [1.82, 2.24) is 14.9 Å². The quantitative estimate of drug-likeness (QED) is 0.812. The number of alkyl halides is 1. The Hall–Kier alpha value is -2.68. The highest BCUT2D eigenvalue weighted by Gasteiger charge is 2.40. The first-order valence-electron chi connectivity index (χ1n) is 7.99. The lowest BCUT2D eigenvalue weighted by molar-refractivity contribution is -0.117. The summed E-state index contributed by atoms with van der Waals surface area (Å²) < 4.78 is 39.7. The molecule has 1 aromatic heterocycles. The molecule has 2 unspecified atom stereocenters. The minimum Gasteiger partial charge on any atom is -0.329 e. The molecule has 27 heavy (non-hydrogen) atoms. The molecule has 1 aromatic carbocycles. The minimum absolute atomic E-state index is 0.00193. The third-order valence-electron chi connectivity index (χ3n) is 3.95. The van der Waals surface area contributed by atoms with Gasteiger partial charge in [-0.1, -0.05) is 11.6 Å². The van der Waals surface area contributed by atoms with Gasteiger partial charge in [-0.3, -0.25) is 14.9 Å². The molecule has 2 amide bonds. The van der Waals surface area contributed by atoms with Gasteiger partial charge in [-0.05, 0) is 24.6 Å². The van der Waals surface area contributed by atoms with Gasteiger partial charge in [0.25, 0.3) is 5.91 Å². The summed E-state index contributed by atoms with van der Waals surface area (Å²) in [7, 11) is 0. The van der Waals surface area contributed by atoms with E-state index in [1.807, 2.05) is 0 Å². The van der Waals surface area contributed by atoms with E-state index in [0.29, 0.717) is 6.42 Å². The van der Waals surface area contributed by atoms with E-state index in [-0.39, 0.29) is 29.0 Å². The van der Waals surface area contributed by atoms with Crippen LogP contribution < -0.4 is 5.32 Å². The first-order chi connectivity index (χ1) is 12.8. The summed E-state index contributed by atoms with van der Waals surface area (Å²) in [4.78, 5) is 33.1. The molecule has 0 bridgehead atoms. The van der Waals surface area contributed by atoms with Crippen LogP contribution in [-0.2, 0) is 4.79 Å². The van der Waals surface area contributed by atoms with Crippen molar-refractivity contribution in [3.8, 4) is 0 Å². The lowest BCUT2D eigenvalue weighted by Gasteiger charge is -2.22. The molecule has 1 aliphatic carbocycles. The van der Waals surface area contributed by atoms with Crippen LogP contribution in [0.3, 0.4) is 0 Å². The van der Waals surface area contributed by atoms with Gasteiger partial charge in [0.15, 0.2) is 5.82 Å². The van der Waals surface area contributed by atoms with E-state index >= 15 is 0 Å². The van der Waals surface area contributed by atoms with E-state index in [4.69, 9.17) is 11.6 Å². The largest absolute Gasteiger partial charge is 0.329 e. The number of hydrogen-bond acceptors (Lipinski definition) is 4. The fourth-order valence-electron chi connectivity index (χ4n) is 2.43. The number of carbonyl (C=O) groups is 2. The fourth-order valence-corrected chi connectivity index (χ4v) is 2.55. The summed E-state index contributed by atoms with van der Waals surface area (Å²) in [5, 5.41) is 2.18. The molecule has 1 heterocycles. The van der Waals surface area contributed by atoms with Crippen molar-refractivity contribution in [1.29, 1.82) is 0 Å². The SMILES string of the molecule is O=C(CN(CC1CC1F)C(=O)c1ccc(Cl)c(F)c1)Nc1ncc(F)cn1. The fraction of sp³-hybridized carbons (Fsp3) is 0.294. The monoisotopic (exact) mass is 398 g/mol. The van der Waals surface area contributed by atoms with Crippen molar-refractivity contribution in [2.75, 3.05) is 18.4 Å². The van der Waals surface area contributed by atoms with Gasteiger partial charge in [0.05, 0.1) is 17.4 Å². The Morgan fingerprint density at radius 1 is 1.26 bits per heavy atom. The highest BCUT2D eigenvalue weighted by atomic mass is 35.5. The maximum Gasteiger partial charge on any atom is 0.254 e. The van der Waals surface area contributed by atoms with E-state index in [0.717, 1.165) is 23.4 Å². The van der Waals surface area contributed by atoms with Gasteiger partial charge in [0.1, 0.15) is 18.5 Å². The summed E-state index contributed by atoms with van der Waals surface area (Å²) in [5.41, 5.74) is -0.0150. The van der Waals surface area contributed by atoms with Crippen molar-refractivity contribution in [3.63, 3.8) is 0 Å². The Kier molecular flexibility index (Phi) is 5.59. The average molecular weight is 399 g/mol. The summed E-state index contributed by atoms with van der Waals surface area (Å²) in [6.45, 7) is -0.422. The number of aromatic nitrogens is 2. The molecule has 10 heteroatoms. The van der Waals surface area contributed by atoms with Crippen molar-refractivity contribution < 1.29 is 22.8 Å². The van der Waals surface area contributed by atoms with Crippen molar-refractivity contribution >= 4 is 29.4 Å². The zero-order chi connectivity index (χ0) is 19.6. The second kappa shape index (κ2) is 7.91. The first kappa shape index (κ1) is 19.1. The van der Waals surface area contributed by atoms with Gasteiger partial charge in [0, 0.05) is 18.0 Å². The van der Waals surface area contributed by atoms with E-state index in [1.165, 1.54) is 12.1 Å². The second-order valence-corrected chi connectivity index (χ2v) is 6.51. The summed E-state index contributed by atoms with van der Waals surface area (Å²) in [5.74, 6) is -3.25. The molecule has 2 atom stereocenters. The van der Waals surface area contributed by atoms with Crippen LogP contribution in [-0.4, -0.2) is 45.9 Å². The van der Waals surface area contributed by atoms with E-state index in [1.54, 1.807) is 0 Å². The van der Waals surface area contributed by atoms with Crippen molar-refractivity contribution in [2.45, 2.75) is 12.6 Å². The predicted octanol–water partition coefficient (Wildman–Crippen LogP) is 2.85.